The second-order valence-electron chi connectivity index (χ2n) is 4.51. The summed E-state index contributed by atoms with van der Waals surface area (Å²) in [7, 11) is 0. The zero-order valence-electron chi connectivity index (χ0n) is 12.3. The van der Waals surface area contributed by atoms with E-state index >= 15 is 0 Å². The first-order chi connectivity index (χ1) is 11.7. The number of thioether (sulfide) groups is 1. The maximum absolute atomic E-state index is 11.8. The number of benzene rings is 1. The summed E-state index contributed by atoms with van der Waals surface area (Å²) in [5.74, 6) is -0.623. The first-order valence-electron chi connectivity index (χ1n) is 6.87. The van der Waals surface area contributed by atoms with Crippen molar-refractivity contribution in [2.75, 3.05) is 11.1 Å². The summed E-state index contributed by atoms with van der Waals surface area (Å²) in [6.07, 6.45) is 0. The van der Waals surface area contributed by atoms with E-state index < -0.39 is 0 Å². The number of amides is 2. The summed E-state index contributed by atoms with van der Waals surface area (Å²) in [6, 6.07) is 13.1. The van der Waals surface area contributed by atoms with E-state index in [1.807, 2.05) is 30.3 Å². The van der Waals surface area contributed by atoms with Crippen LogP contribution in [0.4, 0.5) is 10.8 Å². The molecule has 122 valence electrons. The van der Waals surface area contributed by atoms with Gasteiger partial charge in [-0.25, -0.2) is 0 Å². The predicted octanol–water partition coefficient (Wildman–Crippen LogP) is 3.39. The summed E-state index contributed by atoms with van der Waals surface area (Å²) < 4.78 is 0.659. The second kappa shape index (κ2) is 8.04. The fourth-order valence-corrected chi connectivity index (χ4v) is 3.91. The maximum Gasteiger partial charge on any atom is 0.267 e. The van der Waals surface area contributed by atoms with Gasteiger partial charge in [-0.1, -0.05) is 47.4 Å². The second-order valence-corrected chi connectivity index (χ2v) is 7.66. The number of carbonyl (C=O) groups excluding carboxylic acids is 2. The van der Waals surface area contributed by atoms with Gasteiger partial charge in [0.1, 0.15) is 0 Å². The number of rotatable bonds is 6. The summed E-state index contributed by atoms with van der Waals surface area (Å²) in [4.78, 5) is 24.1. The number of hydrogen-bond acceptors (Lipinski definition) is 8. The van der Waals surface area contributed by atoms with Crippen LogP contribution in [0.5, 0.6) is 0 Å². The van der Waals surface area contributed by atoms with Crippen LogP contribution < -0.4 is 10.6 Å². The lowest BCUT2D eigenvalue weighted by Crippen LogP contribution is -2.31. The van der Waals surface area contributed by atoms with Crippen molar-refractivity contribution < 1.29 is 9.59 Å². The van der Waals surface area contributed by atoms with E-state index in [1.54, 1.807) is 17.5 Å². The van der Waals surface area contributed by atoms with Crippen LogP contribution in [-0.2, 0) is 4.79 Å². The first kappa shape index (κ1) is 16.6. The summed E-state index contributed by atoms with van der Waals surface area (Å²) in [6.45, 7) is 0. The van der Waals surface area contributed by atoms with E-state index in [0.717, 1.165) is 5.69 Å². The van der Waals surface area contributed by atoms with E-state index in [-0.39, 0.29) is 17.6 Å². The number of aromatic nitrogens is 2. The highest BCUT2D eigenvalue weighted by atomic mass is 32.2. The molecule has 9 heteroatoms. The van der Waals surface area contributed by atoms with Gasteiger partial charge in [0.15, 0.2) is 4.34 Å². The van der Waals surface area contributed by atoms with Crippen molar-refractivity contribution in [1.29, 1.82) is 0 Å². The van der Waals surface area contributed by atoms with Gasteiger partial charge in [-0.15, -0.1) is 21.5 Å². The smallest absolute Gasteiger partial charge is 0.267 e. The van der Waals surface area contributed by atoms with Crippen LogP contribution in [0.2, 0.25) is 0 Å². The molecule has 0 unspecified atom stereocenters. The molecule has 2 N–H and O–H groups in total. The summed E-state index contributed by atoms with van der Waals surface area (Å²) in [5.41, 5.74) is 0.921. The Kier molecular flexibility index (Phi) is 5.57. The van der Waals surface area contributed by atoms with Gasteiger partial charge in [-0.2, -0.15) is 0 Å². The lowest BCUT2D eigenvalue weighted by Gasteiger charge is -2.00. The molecule has 2 aromatic heterocycles. The van der Waals surface area contributed by atoms with Gasteiger partial charge in [0.2, 0.25) is 11.0 Å². The molecule has 0 saturated heterocycles. The van der Waals surface area contributed by atoms with Gasteiger partial charge in [0.25, 0.3) is 5.91 Å². The van der Waals surface area contributed by atoms with E-state index in [4.69, 9.17) is 0 Å². The lowest BCUT2D eigenvalue weighted by atomic mass is 10.3. The third-order valence-electron chi connectivity index (χ3n) is 2.76. The highest BCUT2D eigenvalue weighted by molar-refractivity contribution is 8.01. The largest absolute Gasteiger partial charge is 0.330 e. The van der Waals surface area contributed by atoms with Gasteiger partial charge in [0, 0.05) is 5.69 Å². The van der Waals surface area contributed by atoms with Crippen LogP contribution in [0.1, 0.15) is 9.67 Å². The molecule has 3 rings (SSSR count). The molecule has 0 aliphatic rings. The van der Waals surface area contributed by atoms with E-state index in [1.165, 1.54) is 34.4 Å². The minimum atomic E-state index is -0.376. The Labute approximate surface area is 150 Å². The monoisotopic (exact) mass is 376 g/mol. The number of hydrogen-bond donors (Lipinski definition) is 2. The van der Waals surface area contributed by atoms with Crippen molar-refractivity contribution in [1.82, 2.24) is 15.5 Å². The van der Waals surface area contributed by atoms with E-state index in [0.29, 0.717) is 14.3 Å². The van der Waals surface area contributed by atoms with Crippen molar-refractivity contribution in [3.05, 3.63) is 52.7 Å². The van der Waals surface area contributed by atoms with Crippen LogP contribution in [0, 0.1) is 0 Å². The molecule has 3 aromatic rings. The molecule has 0 spiro atoms. The topological polar surface area (TPSA) is 84.0 Å². The molecule has 1 aromatic carbocycles. The number of nitrogens with one attached hydrogen (secondary N) is 2. The Morgan fingerprint density at radius 1 is 1.08 bits per heavy atom. The van der Waals surface area contributed by atoms with E-state index in [9.17, 15) is 9.59 Å². The highest BCUT2D eigenvalue weighted by Crippen LogP contribution is 2.27. The predicted molar refractivity (Wildman–Crippen MR) is 97.1 cm³/mol. The molecule has 6 nitrogen and oxygen atoms in total. The minimum absolute atomic E-state index is 0.108. The molecule has 2 amide bonds. The highest BCUT2D eigenvalue weighted by Gasteiger charge is 2.13. The van der Waals surface area contributed by atoms with E-state index in [2.05, 4.69) is 20.8 Å². The molecule has 0 fully saturated rings. The summed E-state index contributed by atoms with van der Waals surface area (Å²) in [5, 5.41) is 16.0. The number of thiophene rings is 1. The fourth-order valence-electron chi connectivity index (χ4n) is 1.72. The molecule has 2 heterocycles. The molecule has 0 atom stereocenters. The SMILES string of the molecule is O=C(CSc1nnc(Nc2ccccc2)s1)NC(=O)c1cccs1. The number of imide groups is 1. The Hall–Kier alpha value is -2.23. The average molecular weight is 376 g/mol. The van der Waals surface area contributed by atoms with Gasteiger partial charge >= 0.3 is 0 Å². The van der Waals surface area contributed by atoms with Crippen LogP contribution in [0.3, 0.4) is 0 Å². The quantitative estimate of drug-likeness (QED) is 0.642. The third-order valence-corrected chi connectivity index (χ3v) is 5.60. The van der Waals surface area contributed by atoms with Crippen LogP contribution in [0.25, 0.3) is 0 Å². The number of nitrogens with zero attached hydrogens (tertiary/aromatic N) is 2. The van der Waals surface area contributed by atoms with Gasteiger partial charge in [0.05, 0.1) is 10.6 Å². The van der Waals surface area contributed by atoms with Crippen LogP contribution in [0.15, 0.2) is 52.2 Å². The zero-order chi connectivity index (χ0) is 16.8. The Morgan fingerprint density at radius 3 is 2.67 bits per heavy atom. The summed E-state index contributed by atoms with van der Waals surface area (Å²) >= 11 is 3.89. The molecule has 0 bridgehead atoms. The average Bonchev–Trinajstić information content (AvgIpc) is 3.26. The van der Waals surface area contributed by atoms with Gasteiger partial charge < -0.3 is 5.32 Å². The minimum Gasteiger partial charge on any atom is -0.330 e. The Morgan fingerprint density at radius 2 is 1.92 bits per heavy atom. The van der Waals surface area contributed by atoms with Gasteiger partial charge in [-0.05, 0) is 23.6 Å². The lowest BCUT2D eigenvalue weighted by molar-refractivity contribution is -0.117. The Bertz CT molecular complexity index is 818. The molecular formula is C15H12N4O2S3. The third kappa shape index (κ3) is 4.63. The van der Waals surface area contributed by atoms with Crippen molar-refractivity contribution in [3.8, 4) is 0 Å². The standard InChI is InChI=1S/C15H12N4O2S3/c20-12(17-13(21)11-7-4-8-22-11)9-23-15-19-18-14(24-15)16-10-5-2-1-3-6-10/h1-8H,9H2,(H,16,18)(H,17,20,21). The number of anilines is 2. The van der Waals surface area contributed by atoms with Gasteiger partial charge in [-0.3, -0.25) is 14.9 Å². The van der Waals surface area contributed by atoms with Crippen molar-refractivity contribution in [2.45, 2.75) is 4.34 Å². The normalized spacial score (nSPS) is 10.3. The molecule has 0 radical (unpaired) electrons. The molecule has 0 aliphatic heterocycles. The molecule has 0 saturated carbocycles. The molecule has 0 aliphatic carbocycles. The van der Waals surface area contributed by atoms with Crippen molar-refractivity contribution in [2.24, 2.45) is 0 Å². The number of para-hydroxylation sites is 1. The molecule has 24 heavy (non-hydrogen) atoms. The maximum atomic E-state index is 11.8. The van der Waals surface area contributed by atoms with Crippen LogP contribution >= 0.6 is 34.4 Å². The van der Waals surface area contributed by atoms with Crippen molar-refractivity contribution >= 4 is 57.1 Å². The first-order valence-corrected chi connectivity index (χ1v) is 9.55. The van der Waals surface area contributed by atoms with Crippen LogP contribution in [-0.4, -0.2) is 27.8 Å². The fraction of sp³-hybridized carbons (Fsp3) is 0.0667. The Balaban J connectivity index is 1.48. The van der Waals surface area contributed by atoms with Crippen molar-refractivity contribution in [3.63, 3.8) is 0 Å². The molecular weight excluding hydrogens is 364 g/mol. The number of carbonyl (C=O) groups is 2. The zero-order valence-corrected chi connectivity index (χ0v) is 14.7.